The largest absolute Gasteiger partial charge is 0.338 e. The normalized spacial score (nSPS) is 10.6. The van der Waals surface area contributed by atoms with Crippen LogP contribution in [0.3, 0.4) is 0 Å². The number of carbonyl (C=O) groups excluding carboxylic acids is 1. The third-order valence-electron chi connectivity index (χ3n) is 4.08. The smallest absolute Gasteiger partial charge is 0.319 e. The highest BCUT2D eigenvalue weighted by Gasteiger charge is 2.09. The second kappa shape index (κ2) is 6.64. The molecular weight excluding hydrogens is 276 g/mol. The number of aromatic nitrogens is 2. The predicted molar refractivity (Wildman–Crippen MR) is 89.3 cm³/mol. The molecule has 0 aliphatic carbocycles. The van der Waals surface area contributed by atoms with Gasteiger partial charge in [-0.2, -0.15) is 5.10 Å². The summed E-state index contributed by atoms with van der Waals surface area (Å²) >= 11 is 0. The first-order chi connectivity index (χ1) is 10.4. The molecule has 0 radical (unpaired) electrons. The topological polar surface area (TPSA) is 59.0 Å². The summed E-state index contributed by atoms with van der Waals surface area (Å²) in [6.45, 7) is 8.72. The van der Waals surface area contributed by atoms with E-state index in [9.17, 15) is 4.79 Å². The molecule has 0 aliphatic rings. The molecule has 0 bridgehead atoms. The summed E-state index contributed by atoms with van der Waals surface area (Å²) in [5.41, 5.74) is 6.57. The summed E-state index contributed by atoms with van der Waals surface area (Å²) in [7, 11) is 1.94. The van der Waals surface area contributed by atoms with Crippen LogP contribution in [0, 0.1) is 27.7 Å². The number of hydrogen-bond donors (Lipinski definition) is 2. The lowest BCUT2D eigenvalue weighted by Crippen LogP contribution is -2.30. The van der Waals surface area contributed by atoms with Crippen molar-refractivity contribution in [2.45, 2.75) is 34.1 Å². The number of hydrogen-bond acceptors (Lipinski definition) is 2. The monoisotopic (exact) mass is 300 g/mol. The SMILES string of the molecule is Cc1ccc(NC(=O)NCCc2c(C)nn(C)c2C)cc1C. The van der Waals surface area contributed by atoms with Crippen LogP contribution in [0.15, 0.2) is 18.2 Å². The fraction of sp³-hybridized carbons (Fsp3) is 0.412. The van der Waals surface area contributed by atoms with E-state index in [1.807, 2.05) is 50.7 Å². The Morgan fingerprint density at radius 3 is 2.50 bits per heavy atom. The van der Waals surface area contributed by atoms with Crippen molar-refractivity contribution in [2.24, 2.45) is 7.05 Å². The number of carbonyl (C=O) groups is 1. The van der Waals surface area contributed by atoms with Crippen LogP contribution >= 0.6 is 0 Å². The molecule has 2 rings (SSSR count). The van der Waals surface area contributed by atoms with Gasteiger partial charge in [0.15, 0.2) is 0 Å². The van der Waals surface area contributed by atoms with Gasteiger partial charge in [0.05, 0.1) is 5.69 Å². The van der Waals surface area contributed by atoms with Crippen LogP contribution in [0.25, 0.3) is 0 Å². The number of anilines is 1. The maximum Gasteiger partial charge on any atom is 0.319 e. The maximum atomic E-state index is 11.9. The van der Waals surface area contributed by atoms with Gasteiger partial charge in [-0.3, -0.25) is 4.68 Å². The molecule has 1 heterocycles. The predicted octanol–water partition coefficient (Wildman–Crippen LogP) is 3.02. The molecule has 0 fully saturated rings. The lowest BCUT2D eigenvalue weighted by molar-refractivity contribution is 0.252. The van der Waals surface area contributed by atoms with Gasteiger partial charge in [0, 0.05) is 25.0 Å². The minimum absolute atomic E-state index is 0.178. The third-order valence-corrected chi connectivity index (χ3v) is 4.08. The zero-order chi connectivity index (χ0) is 16.3. The molecule has 1 aromatic carbocycles. The van der Waals surface area contributed by atoms with Crippen LogP contribution in [0.5, 0.6) is 0 Å². The first-order valence-corrected chi connectivity index (χ1v) is 7.49. The summed E-state index contributed by atoms with van der Waals surface area (Å²) in [6, 6.07) is 5.72. The van der Waals surface area contributed by atoms with E-state index in [4.69, 9.17) is 0 Å². The van der Waals surface area contributed by atoms with Crippen LogP contribution in [0.4, 0.5) is 10.5 Å². The molecule has 0 aliphatic heterocycles. The fourth-order valence-corrected chi connectivity index (χ4v) is 2.47. The molecule has 118 valence electrons. The molecule has 2 amide bonds. The Hall–Kier alpha value is -2.30. The van der Waals surface area contributed by atoms with Crippen molar-refractivity contribution in [1.29, 1.82) is 0 Å². The first-order valence-electron chi connectivity index (χ1n) is 7.49. The van der Waals surface area contributed by atoms with Crippen molar-refractivity contribution in [3.05, 3.63) is 46.3 Å². The minimum Gasteiger partial charge on any atom is -0.338 e. The molecule has 0 atom stereocenters. The number of nitrogens with zero attached hydrogens (tertiary/aromatic N) is 2. The molecule has 0 spiro atoms. The van der Waals surface area contributed by atoms with Gasteiger partial charge in [-0.05, 0) is 62.9 Å². The van der Waals surface area contributed by atoms with E-state index < -0.39 is 0 Å². The average molecular weight is 300 g/mol. The van der Waals surface area contributed by atoms with Gasteiger partial charge < -0.3 is 10.6 Å². The Kier molecular flexibility index (Phi) is 4.85. The van der Waals surface area contributed by atoms with Crippen molar-refractivity contribution < 1.29 is 4.79 Å². The number of urea groups is 1. The molecular formula is C17H24N4O. The summed E-state index contributed by atoms with van der Waals surface area (Å²) in [4.78, 5) is 11.9. The van der Waals surface area contributed by atoms with E-state index >= 15 is 0 Å². The number of nitrogens with one attached hydrogen (secondary N) is 2. The summed E-state index contributed by atoms with van der Waals surface area (Å²) in [5, 5.41) is 10.1. The van der Waals surface area contributed by atoms with Crippen LogP contribution in [-0.2, 0) is 13.5 Å². The Morgan fingerprint density at radius 2 is 1.91 bits per heavy atom. The van der Waals surface area contributed by atoms with Gasteiger partial charge in [-0.25, -0.2) is 4.79 Å². The van der Waals surface area contributed by atoms with E-state index in [1.165, 1.54) is 16.7 Å². The molecule has 1 aromatic heterocycles. The summed E-state index contributed by atoms with van der Waals surface area (Å²) in [5.74, 6) is 0. The standard InChI is InChI=1S/C17H24N4O/c1-11-6-7-15(10-12(11)2)19-17(22)18-9-8-16-13(3)20-21(5)14(16)4/h6-7,10H,8-9H2,1-5H3,(H2,18,19,22). The summed E-state index contributed by atoms with van der Waals surface area (Å²) in [6.07, 6.45) is 0.784. The van der Waals surface area contributed by atoms with Crippen LogP contribution in [0.2, 0.25) is 0 Å². The van der Waals surface area contributed by atoms with Gasteiger partial charge in [0.25, 0.3) is 0 Å². The second-order valence-corrected chi connectivity index (χ2v) is 5.70. The van der Waals surface area contributed by atoms with Crippen LogP contribution < -0.4 is 10.6 Å². The lowest BCUT2D eigenvalue weighted by atomic mass is 10.1. The van der Waals surface area contributed by atoms with Crippen molar-refractivity contribution in [3.8, 4) is 0 Å². The summed E-state index contributed by atoms with van der Waals surface area (Å²) < 4.78 is 1.87. The highest BCUT2D eigenvalue weighted by Crippen LogP contribution is 2.14. The van der Waals surface area contributed by atoms with Crippen LogP contribution in [-0.4, -0.2) is 22.4 Å². The minimum atomic E-state index is -0.178. The van der Waals surface area contributed by atoms with Crippen molar-refractivity contribution in [1.82, 2.24) is 15.1 Å². The second-order valence-electron chi connectivity index (χ2n) is 5.70. The molecule has 0 saturated carbocycles. The van der Waals surface area contributed by atoms with Crippen LogP contribution in [0.1, 0.15) is 28.1 Å². The molecule has 5 nitrogen and oxygen atoms in total. The Labute approximate surface area is 131 Å². The van der Waals surface area contributed by atoms with E-state index in [0.29, 0.717) is 6.54 Å². The van der Waals surface area contributed by atoms with E-state index in [1.54, 1.807) is 0 Å². The van der Waals surface area contributed by atoms with E-state index in [0.717, 1.165) is 23.5 Å². The highest BCUT2D eigenvalue weighted by atomic mass is 16.2. The third kappa shape index (κ3) is 3.67. The Morgan fingerprint density at radius 1 is 1.18 bits per heavy atom. The quantitative estimate of drug-likeness (QED) is 0.912. The van der Waals surface area contributed by atoms with Gasteiger partial charge in [-0.15, -0.1) is 0 Å². The van der Waals surface area contributed by atoms with Gasteiger partial charge in [0.1, 0.15) is 0 Å². The number of benzene rings is 1. The molecule has 0 saturated heterocycles. The van der Waals surface area contributed by atoms with E-state index in [-0.39, 0.29) is 6.03 Å². The van der Waals surface area contributed by atoms with E-state index in [2.05, 4.69) is 22.7 Å². The van der Waals surface area contributed by atoms with Crippen molar-refractivity contribution >= 4 is 11.7 Å². The first kappa shape index (κ1) is 16.1. The molecule has 0 unspecified atom stereocenters. The molecule has 2 N–H and O–H groups in total. The van der Waals surface area contributed by atoms with Gasteiger partial charge >= 0.3 is 6.03 Å². The van der Waals surface area contributed by atoms with Gasteiger partial charge in [0.2, 0.25) is 0 Å². The average Bonchev–Trinajstić information content (AvgIpc) is 2.69. The fourth-order valence-electron chi connectivity index (χ4n) is 2.47. The van der Waals surface area contributed by atoms with Crippen molar-refractivity contribution in [3.63, 3.8) is 0 Å². The number of rotatable bonds is 4. The van der Waals surface area contributed by atoms with Crippen molar-refractivity contribution in [2.75, 3.05) is 11.9 Å². The molecule has 5 heteroatoms. The maximum absolute atomic E-state index is 11.9. The number of aryl methyl sites for hydroxylation is 4. The number of amides is 2. The zero-order valence-electron chi connectivity index (χ0n) is 13.9. The zero-order valence-corrected chi connectivity index (χ0v) is 13.9. The molecule has 22 heavy (non-hydrogen) atoms. The lowest BCUT2D eigenvalue weighted by Gasteiger charge is -2.09. The molecule has 2 aromatic rings. The Bertz CT molecular complexity index is 688. The Balaban J connectivity index is 1.86. The van der Waals surface area contributed by atoms with Gasteiger partial charge in [-0.1, -0.05) is 6.07 Å². The highest BCUT2D eigenvalue weighted by molar-refractivity contribution is 5.89.